The molecule has 0 aromatic carbocycles. The molecule has 0 amide bonds. The van der Waals surface area contributed by atoms with Gasteiger partial charge in [-0.3, -0.25) is 4.90 Å². The third kappa shape index (κ3) is 2.98. The van der Waals surface area contributed by atoms with E-state index in [-0.39, 0.29) is 0 Å². The zero-order valence-electron chi connectivity index (χ0n) is 9.66. The summed E-state index contributed by atoms with van der Waals surface area (Å²) in [6, 6.07) is 2.29. The molecule has 1 aromatic heterocycles. The van der Waals surface area contributed by atoms with E-state index >= 15 is 0 Å². The summed E-state index contributed by atoms with van der Waals surface area (Å²) >= 11 is 7.86. The van der Waals surface area contributed by atoms with Crippen molar-refractivity contribution in [3.8, 4) is 0 Å². The largest absolute Gasteiger partial charge is 0.328 e. The fourth-order valence-electron chi connectivity index (χ4n) is 2.31. The number of piperidine rings is 1. The van der Waals surface area contributed by atoms with Crippen molar-refractivity contribution < 1.29 is 0 Å². The number of thiophene rings is 1. The molecule has 16 heavy (non-hydrogen) atoms. The van der Waals surface area contributed by atoms with Crippen molar-refractivity contribution in [2.75, 3.05) is 13.1 Å². The average molecular weight is 259 g/mol. The first-order chi connectivity index (χ1) is 7.66. The summed E-state index contributed by atoms with van der Waals surface area (Å²) in [5.74, 6) is 0.646. The Morgan fingerprint density at radius 2 is 2.50 bits per heavy atom. The highest BCUT2D eigenvalue weighted by atomic mass is 35.5. The molecule has 0 saturated carbocycles. The lowest BCUT2D eigenvalue weighted by Gasteiger charge is -2.34. The predicted octanol–water partition coefficient (Wildman–Crippen LogP) is 2.96. The van der Waals surface area contributed by atoms with Crippen LogP contribution in [0, 0.1) is 5.92 Å². The highest BCUT2D eigenvalue weighted by Crippen LogP contribution is 2.26. The van der Waals surface area contributed by atoms with Gasteiger partial charge in [-0.25, -0.2) is 0 Å². The van der Waals surface area contributed by atoms with Gasteiger partial charge in [-0.1, -0.05) is 11.6 Å². The molecule has 0 bridgehead atoms. The van der Waals surface area contributed by atoms with Crippen molar-refractivity contribution in [1.29, 1.82) is 0 Å². The number of hydrogen-bond donors (Lipinski definition) is 1. The Labute approximate surface area is 106 Å². The minimum Gasteiger partial charge on any atom is -0.328 e. The topological polar surface area (TPSA) is 29.3 Å². The fourth-order valence-corrected chi connectivity index (χ4v) is 3.44. The number of halogens is 1. The van der Waals surface area contributed by atoms with E-state index in [0.717, 1.165) is 18.1 Å². The van der Waals surface area contributed by atoms with Crippen LogP contribution in [0.3, 0.4) is 0 Å². The SMILES string of the molecule is CC(N)C1CCCN(Cc2sccc2Cl)C1. The van der Waals surface area contributed by atoms with Crippen LogP contribution in [-0.2, 0) is 6.54 Å². The minimum atomic E-state index is 0.307. The van der Waals surface area contributed by atoms with E-state index in [2.05, 4.69) is 17.2 Å². The third-order valence-electron chi connectivity index (χ3n) is 3.34. The normalized spacial score (nSPS) is 24.6. The van der Waals surface area contributed by atoms with E-state index in [0.29, 0.717) is 12.0 Å². The van der Waals surface area contributed by atoms with Gasteiger partial charge < -0.3 is 5.73 Å². The second kappa shape index (κ2) is 5.50. The molecule has 2 atom stereocenters. The molecular formula is C12H19ClN2S. The highest BCUT2D eigenvalue weighted by molar-refractivity contribution is 7.10. The monoisotopic (exact) mass is 258 g/mol. The Morgan fingerprint density at radius 3 is 3.12 bits per heavy atom. The number of likely N-dealkylation sites (tertiary alicyclic amines) is 1. The Hall–Kier alpha value is -0.0900. The molecule has 1 fully saturated rings. The molecule has 2 unspecified atom stereocenters. The van der Waals surface area contributed by atoms with Crippen LogP contribution in [0.25, 0.3) is 0 Å². The summed E-state index contributed by atoms with van der Waals surface area (Å²) in [7, 11) is 0. The summed E-state index contributed by atoms with van der Waals surface area (Å²) in [4.78, 5) is 3.77. The first kappa shape index (κ1) is 12.4. The van der Waals surface area contributed by atoms with Crippen LogP contribution in [0.15, 0.2) is 11.4 Å². The van der Waals surface area contributed by atoms with Gasteiger partial charge in [0.25, 0.3) is 0 Å². The summed E-state index contributed by atoms with van der Waals surface area (Å²) in [6.07, 6.45) is 2.53. The zero-order valence-corrected chi connectivity index (χ0v) is 11.2. The van der Waals surface area contributed by atoms with E-state index < -0.39 is 0 Å². The van der Waals surface area contributed by atoms with Crippen LogP contribution in [0.5, 0.6) is 0 Å². The molecule has 0 spiro atoms. The van der Waals surface area contributed by atoms with E-state index in [1.165, 1.54) is 24.3 Å². The number of rotatable bonds is 3. The lowest BCUT2D eigenvalue weighted by Crippen LogP contribution is -2.41. The second-order valence-electron chi connectivity index (χ2n) is 4.69. The van der Waals surface area contributed by atoms with Crippen molar-refractivity contribution in [2.45, 2.75) is 32.4 Å². The third-order valence-corrected chi connectivity index (χ3v) is 4.72. The van der Waals surface area contributed by atoms with E-state index in [1.54, 1.807) is 11.3 Å². The van der Waals surface area contributed by atoms with Gasteiger partial charge in [-0.15, -0.1) is 11.3 Å². The predicted molar refractivity (Wildman–Crippen MR) is 71.0 cm³/mol. The molecule has 2 heterocycles. The lowest BCUT2D eigenvalue weighted by molar-refractivity contribution is 0.155. The van der Waals surface area contributed by atoms with Crippen molar-refractivity contribution in [3.05, 3.63) is 21.3 Å². The maximum atomic E-state index is 6.12. The van der Waals surface area contributed by atoms with Crippen LogP contribution in [0.4, 0.5) is 0 Å². The molecule has 1 saturated heterocycles. The molecule has 1 aromatic rings. The number of nitrogens with zero attached hydrogens (tertiary/aromatic N) is 1. The number of nitrogens with two attached hydrogens (primary N) is 1. The van der Waals surface area contributed by atoms with E-state index in [1.807, 2.05) is 6.07 Å². The molecule has 0 aliphatic carbocycles. The van der Waals surface area contributed by atoms with E-state index in [4.69, 9.17) is 17.3 Å². The van der Waals surface area contributed by atoms with Gasteiger partial charge in [-0.2, -0.15) is 0 Å². The number of hydrogen-bond acceptors (Lipinski definition) is 3. The van der Waals surface area contributed by atoms with Crippen molar-refractivity contribution >= 4 is 22.9 Å². The first-order valence-electron chi connectivity index (χ1n) is 5.86. The smallest absolute Gasteiger partial charge is 0.0558 e. The standard InChI is InChI=1S/C12H19ClN2S/c1-9(14)10-3-2-5-15(7-10)8-12-11(13)4-6-16-12/h4,6,9-10H,2-3,5,7-8,14H2,1H3. The van der Waals surface area contributed by atoms with Crippen LogP contribution in [0.1, 0.15) is 24.6 Å². The van der Waals surface area contributed by atoms with Crippen LogP contribution >= 0.6 is 22.9 Å². The van der Waals surface area contributed by atoms with Gasteiger partial charge in [0.15, 0.2) is 0 Å². The van der Waals surface area contributed by atoms with E-state index in [9.17, 15) is 0 Å². The molecule has 2 rings (SSSR count). The maximum absolute atomic E-state index is 6.12. The Bertz CT molecular complexity index is 338. The Kier molecular flexibility index (Phi) is 4.25. The van der Waals surface area contributed by atoms with Crippen LogP contribution < -0.4 is 5.73 Å². The minimum absolute atomic E-state index is 0.307. The highest BCUT2D eigenvalue weighted by Gasteiger charge is 2.23. The summed E-state index contributed by atoms with van der Waals surface area (Å²) in [5, 5.41) is 2.97. The van der Waals surface area contributed by atoms with Gasteiger partial charge in [0, 0.05) is 24.0 Å². The van der Waals surface area contributed by atoms with Crippen LogP contribution in [-0.4, -0.2) is 24.0 Å². The fraction of sp³-hybridized carbons (Fsp3) is 0.667. The molecule has 1 aliphatic rings. The van der Waals surface area contributed by atoms with Crippen LogP contribution in [0.2, 0.25) is 5.02 Å². The van der Waals surface area contributed by atoms with Gasteiger partial charge in [-0.05, 0) is 43.7 Å². The summed E-state index contributed by atoms with van der Waals surface area (Å²) in [5.41, 5.74) is 5.98. The molecule has 4 heteroatoms. The maximum Gasteiger partial charge on any atom is 0.0558 e. The molecular weight excluding hydrogens is 240 g/mol. The van der Waals surface area contributed by atoms with Crippen molar-refractivity contribution in [1.82, 2.24) is 4.90 Å². The van der Waals surface area contributed by atoms with Gasteiger partial charge in [0.1, 0.15) is 0 Å². The first-order valence-corrected chi connectivity index (χ1v) is 7.12. The van der Waals surface area contributed by atoms with Gasteiger partial charge >= 0.3 is 0 Å². The second-order valence-corrected chi connectivity index (χ2v) is 6.10. The summed E-state index contributed by atoms with van der Waals surface area (Å²) < 4.78 is 0. The zero-order chi connectivity index (χ0) is 11.5. The quantitative estimate of drug-likeness (QED) is 0.903. The van der Waals surface area contributed by atoms with Gasteiger partial charge in [0.2, 0.25) is 0 Å². The lowest BCUT2D eigenvalue weighted by atomic mass is 9.92. The van der Waals surface area contributed by atoms with Crippen molar-refractivity contribution in [2.24, 2.45) is 11.7 Å². The molecule has 2 nitrogen and oxygen atoms in total. The van der Waals surface area contributed by atoms with Crippen molar-refractivity contribution in [3.63, 3.8) is 0 Å². The molecule has 0 radical (unpaired) electrons. The molecule has 2 N–H and O–H groups in total. The Morgan fingerprint density at radius 1 is 1.69 bits per heavy atom. The Balaban J connectivity index is 1.93. The summed E-state index contributed by atoms with van der Waals surface area (Å²) in [6.45, 7) is 5.40. The average Bonchev–Trinajstić information content (AvgIpc) is 2.65. The molecule has 90 valence electrons. The van der Waals surface area contributed by atoms with Gasteiger partial charge in [0.05, 0.1) is 5.02 Å². The molecule has 1 aliphatic heterocycles.